The number of pyridine rings is 1. The molecular formula is C13H12N4S. The maximum Gasteiger partial charge on any atom is 0.192 e. The summed E-state index contributed by atoms with van der Waals surface area (Å²) in [5.74, 6) is 0.685. The van der Waals surface area contributed by atoms with Crippen molar-refractivity contribution in [2.24, 2.45) is 5.10 Å². The fourth-order valence-corrected chi connectivity index (χ4v) is 1.44. The molecule has 0 fully saturated rings. The second-order valence-electron chi connectivity index (χ2n) is 3.45. The van der Waals surface area contributed by atoms with Gasteiger partial charge in [-0.2, -0.15) is 5.10 Å². The number of hydrogen-bond acceptors (Lipinski definition) is 3. The summed E-state index contributed by atoms with van der Waals surface area (Å²) in [6, 6.07) is 15.3. The second kappa shape index (κ2) is 6.46. The molecule has 5 heteroatoms. The highest BCUT2D eigenvalue weighted by molar-refractivity contribution is 7.80. The summed E-state index contributed by atoms with van der Waals surface area (Å²) in [5.41, 5.74) is 3.73. The van der Waals surface area contributed by atoms with E-state index in [9.17, 15) is 0 Å². The van der Waals surface area contributed by atoms with Crippen molar-refractivity contribution in [3.8, 4) is 0 Å². The molecule has 2 aromatic rings. The number of aromatic nitrogens is 1. The number of anilines is 1. The number of hydrogen-bond donors (Lipinski definition) is 2. The minimum atomic E-state index is 0.404. The Balaban J connectivity index is 1.84. The topological polar surface area (TPSA) is 49.3 Å². The van der Waals surface area contributed by atoms with Gasteiger partial charge in [-0.15, -0.1) is 0 Å². The van der Waals surface area contributed by atoms with E-state index in [0.717, 1.165) is 5.56 Å². The van der Waals surface area contributed by atoms with Gasteiger partial charge < -0.3 is 5.32 Å². The van der Waals surface area contributed by atoms with Crippen LogP contribution in [0, 0.1) is 0 Å². The monoisotopic (exact) mass is 256 g/mol. The Hall–Kier alpha value is -2.27. The molecule has 2 N–H and O–H groups in total. The molecule has 4 nitrogen and oxygen atoms in total. The third-order valence-electron chi connectivity index (χ3n) is 2.09. The summed E-state index contributed by atoms with van der Waals surface area (Å²) < 4.78 is 0. The first-order valence-electron chi connectivity index (χ1n) is 5.41. The minimum Gasteiger partial charge on any atom is -0.316 e. The van der Waals surface area contributed by atoms with Crippen molar-refractivity contribution in [1.82, 2.24) is 10.4 Å². The fourth-order valence-electron chi connectivity index (χ4n) is 1.29. The normalized spacial score (nSPS) is 10.2. The molecule has 0 saturated heterocycles. The third kappa shape index (κ3) is 3.95. The predicted octanol–water partition coefficient (Wildman–Crippen LogP) is 2.40. The highest BCUT2D eigenvalue weighted by Gasteiger charge is 1.94. The summed E-state index contributed by atoms with van der Waals surface area (Å²) in [5, 5.41) is 7.36. The molecular weight excluding hydrogens is 244 g/mol. The third-order valence-corrected chi connectivity index (χ3v) is 2.28. The molecule has 0 saturated carbocycles. The van der Waals surface area contributed by atoms with Gasteiger partial charge in [0.15, 0.2) is 5.11 Å². The highest BCUT2D eigenvalue weighted by atomic mass is 32.1. The molecule has 0 spiro atoms. The molecule has 18 heavy (non-hydrogen) atoms. The van der Waals surface area contributed by atoms with Crippen molar-refractivity contribution in [2.45, 2.75) is 0 Å². The molecule has 0 atom stereocenters. The van der Waals surface area contributed by atoms with Crippen LogP contribution >= 0.6 is 12.2 Å². The lowest BCUT2D eigenvalue weighted by molar-refractivity contribution is 1.05. The van der Waals surface area contributed by atoms with Crippen LogP contribution in [0.5, 0.6) is 0 Å². The molecule has 0 radical (unpaired) electrons. The predicted molar refractivity (Wildman–Crippen MR) is 77.6 cm³/mol. The molecule has 0 aliphatic carbocycles. The van der Waals surface area contributed by atoms with E-state index >= 15 is 0 Å². The molecule has 1 aromatic heterocycles. The molecule has 0 amide bonds. The Morgan fingerprint density at radius 3 is 2.61 bits per heavy atom. The summed E-state index contributed by atoms with van der Waals surface area (Å²) in [7, 11) is 0. The molecule has 0 unspecified atom stereocenters. The van der Waals surface area contributed by atoms with Crippen molar-refractivity contribution < 1.29 is 0 Å². The largest absolute Gasteiger partial charge is 0.316 e. The van der Waals surface area contributed by atoms with E-state index in [1.54, 1.807) is 12.4 Å². The zero-order chi connectivity index (χ0) is 12.6. The molecule has 1 aromatic carbocycles. The van der Waals surface area contributed by atoms with Crippen LogP contribution in [0.15, 0.2) is 59.8 Å². The van der Waals surface area contributed by atoms with Crippen molar-refractivity contribution in [2.75, 3.05) is 5.32 Å². The zero-order valence-electron chi connectivity index (χ0n) is 9.58. The average Bonchev–Trinajstić information content (AvgIpc) is 2.41. The van der Waals surface area contributed by atoms with E-state index < -0.39 is 0 Å². The first kappa shape index (κ1) is 12.2. The Bertz CT molecular complexity index is 525. The van der Waals surface area contributed by atoms with Crippen LogP contribution in [0.1, 0.15) is 5.56 Å². The van der Waals surface area contributed by atoms with Crippen LogP contribution in [0.25, 0.3) is 0 Å². The van der Waals surface area contributed by atoms with Gasteiger partial charge in [0.2, 0.25) is 0 Å². The van der Waals surface area contributed by atoms with Crippen LogP contribution in [0.3, 0.4) is 0 Å². The Labute approximate surface area is 111 Å². The van der Waals surface area contributed by atoms with Crippen molar-refractivity contribution in [1.29, 1.82) is 0 Å². The summed E-state index contributed by atoms with van der Waals surface area (Å²) in [6.45, 7) is 0. The van der Waals surface area contributed by atoms with Crippen molar-refractivity contribution >= 4 is 29.4 Å². The van der Waals surface area contributed by atoms with Crippen LogP contribution in [-0.4, -0.2) is 16.3 Å². The van der Waals surface area contributed by atoms with E-state index in [0.29, 0.717) is 10.9 Å². The van der Waals surface area contributed by atoms with Gasteiger partial charge in [0.25, 0.3) is 0 Å². The van der Waals surface area contributed by atoms with E-state index in [4.69, 9.17) is 12.2 Å². The SMILES string of the molecule is S=C(N/N=C\c1ccccc1)Nc1ccccn1. The Morgan fingerprint density at radius 1 is 1.11 bits per heavy atom. The standard InChI is InChI=1S/C13H12N4S/c18-13(16-12-8-4-5-9-14-12)17-15-10-11-6-2-1-3-7-11/h1-10H,(H2,14,16,17,18)/b15-10-. The van der Waals surface area contributed by atoms with Gasteiger partial charge in [0, 0.05) is 6.20 Å². The van der Waals surface area contributed by atoms with Gasteiger partial charge in [0.1, 0.15) is 5.82 Å². The van der Waals surface area contributed by atoms with Gasteiger partial charge in [-0.3, -0.25) is 5.43 Å². The summed E-state index contributed by atoms with van der Waals surface area (Å²) >= 11 is 5.08. The minimum absolute atomic E-state index is 0.404. The summed E-state index contributed by atoms with van der Waals surface area (Å²) in [4.78, 5) is 4.09. The van der Waals surface area contributed by atoms with Crippen LogP contribution in [0.2, 0.25) is 0 Å². The highest BCUT2D eigenvalue weighted by Crippen LogP contribution is 1.99. The molecule has 2 rings (SSSR count). The first-order chi connectivity index (χ1) is 8.84. The number of benzene rings is 1. The quantitative estimate of drug-likeness (QED) is 0.503. The van der Waals surface area contributed by atoms with Crippen LogP contribution < -0.4 is 10.7 Å². The van der Waals surface area contributed by atoms with Crippen molar-refractivity contribution in [3.63, 3.8) is 0 Å². The Morgan fingerprint density at radius 2 is 1.89 bits per heavy atom. The number of thiocarbonyl (C=S) groups is 1. The molecule has 1 heterocycles. The van der Waals surface area contributed by atoms with Crippen molar-refractivity contribution in [3.05, 3.63) is 60.3 Å². The maximum absolute atomic E-state index is 5.08. The average molecular weight is 256 g/mol. The number of nitrogens with one attached hydrogen (secondary N) is 2. The smallest absolute Gasteiger partial charge is 0.192 e. The fraction of sp³-hybridized carbons (Fsp3) is 0. The van der Waals surface area contributed by atoms with Gasteiger partial charge in [-0.25, -0.2) is 4.98 Å². The molecule has 90 valence electrons. The van der Waals surface area contributed by atoms with E-state index in [1.807, 2.05) is 48.5 Å². The summed E-state index contributed by atoms with van der Waals surface area (Å²) in [6.07, 6.45) is 3.39. The van der Waals surface area contributed by atoms with E-state index in [-0.39, 0.29) is 0 Å². The first-order valence-corrected chi connectivity index (χ1v) is 5.81. The Kier molecular flexibility index (Phi) is 4.38. The number of rotatable bonds is 3. The number of nitrogens with zero attached hydrogens (tertiary/aromatic N) is 2. The van der Waals surface area contributed by atoms with Crippen LogP contribution in [0.4, 0.5) is 5.82 Å². The molecule has 0 bridgehead atoms. The molecule has 0 aliphatic heterocycles. The number of hydrazone groups is 1. The van der Waals surface area contributed by atoms with Gasteiger partial charge in [-0.05, 0) is 29.9 Å². The molecule has 0 aliphatic rings. The lowest BCUT2D eigenvalue weighted by Crippen LogP contribution is -2.24. The lowest BCUT2D eigenvalue weighted by Gasteiger charge is -2.04. The van der Waals surface area contributed by atoms with Gasteiger partial charge in [-0.1, -0.05) is 36.4 Å². The van der Waals surface area contributed by atoms with Crippen LogP contribution in [-0.2, 0) is 0 Å². The zero-order valence-corrected chi connectivity index (χ0v) is 10.4. The van der Waals surface area contributed by atoms with Gasteiger partial charge in [0.05, 0.1) is 6.21 Å². The maximum atomic E-state index is 5.08. The second-order valence-corrected chi connectivity index (χ2v) is 3.86. The van der Waals surface area contributed by atoms with Gasteiger partial charge >= 0.3 is 0 Å². The van der Waals surface area contributed by atoms with E-state index in [1.165, 1.54) is 0 Å². The lowest BCUT2D eigenvalue weighted by atomic mass is 10.2. The van der Waals surface area contributed by atoms with E-state index in [2.05, 4.69) is 20.8 Å².